The number of anilines is 1. The monoisotopic (exact) mass is 390 g/mol. The van der Waals surface area contributed by atoms with Crippen LogP contribution in [0.25, 0.3) is 0 Å². The molecular formula is C22H38N4O2+2. The lowest BCUT2D eigenvalue weighted by atomic mass is 10.1. The molecule has 0 aliphatic carbocycles. The number of quaternary nitrogens is 2. The van der Waals surface area contributed by atoms with Crippen LogP contribution in [-0.4, -0.2) is 57.6 Å². The van der Waals surface area contributed by atoms with E-state index in [2.05, 4.69) is 17.6 Å². The number of amides is 2. The van der Waals surface area contributed by atoms with Crippen molar-refractivity contribution in [2.24, 2.45) is 0 Å². The van der Waals surface area contributed by atoms with Gasteiger partial charge in [-0.2, -0.15) is 0 Å². The van der Waals surface area contributed by atoms with E-state index < -0.39 is 0 Å². The second-order valence-electron chi connectivity index (χ2n) is 8.08. The van der Waals surface area contributed by atoms with Crippen LogP contribution in [0, 0.1) is 13.8 Å². The first-order valence-electron chi connectivity index (χ1n) is 10.8. The van der Waals surface area contributed by atoms with Crippen molar-refractivity contribution in [2.75, 3.05) is 51.1 Å². The molecular weight excluding hydrogens is 352 g/mol. The molecule has 1 fully saturated rings. The Morgan fingerprint density at radius 3 is 2.04 bits per heavy atom. The zero-order valence-electron chi connectivity index (χ0n) is 17.8. The number of para-hydroxylation sites is 1. The summed E-state index contributed by atoms with van der Waals surface area (Å²) >= 11 is 0. The number of hydrogen-bond donors (Lipinski definition) is 4. The SMILES string of the molecule is CCCCCCNC(=O)C[NH+]1CC[NH+](CC(=O)Nc2c(C)cccc2C)CC1. The van der Waals surface area contributed by atoms with Crippen molar-refractivity contribution in [3.05, 3.63) is 29.3 Å². The van der Waals surface area contributed by atoms with Gasteiger partial charge in [0.15, 0.2) is 13.1 Å². The molecule has 0 unspecified atom stereocenters. The predicted molar refractivity (Wildman–Crippen MR) is 113 cm³/mol. The smallest absolute Gasteiger partial charge is 0.279 e. The lowest BCUT2D eigenvalue weighted by molar-refractivity contribution is -1.00. The Labute approximate surface area is 169 Å². The summed E-state index contributed by atoms with van der Waals surface area (Å²) in [7, 11) is 0. The van der Waals surface area contributed by atoms with Gasteiger partial charge in [-0.05, 0) is 31.4 Å². The predicted octanol–water partition coefficient (Wildman–Crippen LogP) is -0.278. The first kappa shape index (κ1) is 22.4. The molecule has 1 heterocycles. The number of hydrogen-bond acceptors (Lipinski definition) is 2. The third-order valence-corrected chi connectivity index (χ3v) is 5.58. The molecule has 2 amide bonds. The quantitative estimate of drug-likeness (QED) is 0.415. The first-order valence-corrected chi connectivity index (χ1v) is 10.8. The van der Waals surface area contributed by atoms with E-state index in [1.54, 1.807) is 0 Å². The average Bonchev–Trinajstić information content (AvgIpc) is 2.66. The highest BCUT2D eigenvalue weighted by molar-refractivity contribution is 5.93. The average molecular weight is 391 g/mol. The van der Waals surface area contributed by atoms with Crippen LogP contribution in [0.2, 0.25) is 0 Å². The molecule has 1 aromatic carbocycles. The number of benzene rings is 1. The highest BCUT2D eigenvalue weighted by Gasteiger charge is 2.26. The van der Waals surface area contributed by atoms with Gasteiger partial charge in [0.05, 0.1) is 0 Å². The number of aryl methyl sites for hydroxylation is 2. The third-order valence-electron chi connectivity index (χ3n) is 5.58. The van der Waals surface area contributed by atoms with Crippen LogP contribution in [0.3, 0.4) is 0 Å². The third kappa shape index (κ3) is 7.60. The number of nitrogens with one attached hydrogen (secondary N) is 4. The Morgan fingerprint density at radius 2 is 1.46 bits per heavy atom. The van der Waals surface area contributed by atoms with Gasteiger partial charge in [0, 0.05) is 12.2 Å². The largest absolute Gasteiger partial charge is 0.351 e. The highest BCUT2D eigenvalue weighted by Crippen LogP contribution is 2.18. The van der Waals surface area contributed by atoms with Crippen molar-refractivity contribution in [3.8, 4) is 0 Å². The van der Waals surface area contributed by atoms with E-state index in [4.69, 9.17) is 0 Å². The number of rotatable bonds is 10. The fraction of sp³-hybridized carbons (Fsp3) is 0.636. The van der Waals surface area contributed by atoms with E-state index >= 15 is 0 Å². The zero-order chi connectivity index (χ0) is 20.4. The van der Waals surface area contributed by atoms with Crippen molar-refractivity contribution >= 4 is 17.5 Å². The molecule has 6 nitrogen and oxygen atoms in total. The van der Waals surface area contributed by atoms with Gasteiger partial charge in [-0.3, -0.25) is 9.59 Å². The Morgan fingerprint density at radius 1 is 0.893 bits per heavy atom. The van der Waals surface area contributed by atoms with Crippen LogP contribution < -0.4 is 20.4 Å². The molecule has 1 aliphatic rings. The van der Waals surface area contributed by atoms with Crippen LogP contribution in [0.5, 0.6) is 0 Å². The molecule has 1 aliphatic heterocycles. The maximum Gasteiger partial charge on any atom is 0.279 e. The minimum absolute atomic E-state index is 0.0701. The van der Waals surface area contributed by atoms with Crippen molar-refractivity contribution in [2.45, 2.75) is 46.5 Å². The van der Waals surface area contributed by atoms with Gasteiger partial charge in [0.2, 0.25) is 0 Å². The van der Waals surface area contributed by atoms with E-state index in [0.29, 0.717) is 13.1 Å². The molecule has 0 spiro atoms. The van der Waals surface area contributed by atoms with E-state index in [9.17, 15) is 9.59 Å². The Bertz CT molecular complexity index is 619. The van der Waals surface area contributed by atoms with Gasteiger partial charge in [0.1, 0.15) is 26.2 Å². The van der Waals surface area contributed by atoms with Gasteiger partial charge < -0.3 is 20.4 Å². The van der Waals surface area contributed by atoms with Crippen molar-refractivity contribution in [3.63, 3.8) is 0 Å². The minimum Gasteiger partial charge on any atom is -0.351 e. The Balaban J connectivity index is 1.65. The van der Waals surface area contributed by atoms with E-state index in [1.165, 1.54) is 29.1 Å². The zero-order valence-corrected chi connectivity index (χ0v) is 17.8. The molecule has 0 saturated carbocycles. The van der Waals surface area contributed by atoms with Gasteiger partial charge >= 0.3 is 0 Å². The van der Waals surface area contributed by atoms with Crippen LogP contribution in [0.1, 0.15) is 43.7 Å². The molecule has 1 aromatic rings. The fourth-order valence-electron chi connectivity index (χ4n) is 3.80. The Hall–Kier alpha value is -1.92. The van der Waals surface area contributed by atoms with Crippen molar-refractivity contribution in [1.82, 2.24) is 5.32 Å². The Kier molecular flexibility index (Phi) is 9.44. The topological polar surface area (TPSA) is 67.1 Å². The molecule has 156 valence electrons. The summed E-state index contributed by atoms with van der Waals surface area (Å²) in [6.45, 7) is 11.8. The minimum atomic E-state index is 0.0701. The summed E-state index contributed by atoms with van der Waals surface area (Å²) in [5.74, 6) is 0.225. The van der Waals surface area contributed by atoms with E-state index in [1.807, 2.05) is 32.0 Å². The summed E-state index contributed by atoms with van der Waals surface area (Å²) in [6.07, 6.45) is 4.72. The fourth-order valence-corrected chi connectivity index (χ4v) is 3.80. The lowest BCUT2D eigenvalue weighted by Gasteiger charge is -2.29. The lowest BCUT2D eigenvalue weighted by Crippen LogP contribution is -3.28. The van der Waals surface area contributed by atoms with Crippen LogP contribution in [-0.2, 0) is 9.59 Å². The molecule has 28 heavy (non-hydrogen) atoms. The molecule has 0 aromatic heterocycles. The van der Waals surface area contributed by atoms with Gasteiger partial charge in [-0.1, -0.05) is 44.4 Å². The first-order chi connectivity index (χ1) is 13.5. The van der Waals surface area contributed by atoms with Gasteiger partial charge in [0.25, 0.3) is 11.8 Å². The second kappa shape index (κ2) is 11.8. The van der Waals surface area contributed by atoms with E-state index in [0.717, 1.165) is 56.0 Å². The van der Waals surface area contributed by atoms with Crippen molar-refractivity contribution < 1.29 is 19.4 Å². The normalized spacial score (nSPS) is 19.2. The number of carbonyl (C=O) groups excluding carboxylic acids is 2. The number of piperazine rings is 1. The van der Waals surface area contributed by atoms with Crippen LogP contribution in [0.15, 0.2) is 18.2 Å². The highest BCUT2D eigenvalue weighted by atomic mass is 16.2. The molecule has 0 bridgehead atoms. The maximum absolute atomic E-state index is 12.4. The maximum atomic E-state index is 12.4. The van der Waals surface area contributed by atoms with Crippen LogP contribution >= 0.6 is 0 Å². The summed E-state index contributed by atoms with van der Waals surface area (Å²) in [4.78, 5) is 27.1. The van der Waals surface area contributed by atoms with Crippen molar-refractivity contribution in [1.29, 1.82) is 0 Å². The molecule has 6 heteroatoms. The molecule has 0 atom stereocenters. The van der Waals surface area contributed by atoms with E-state index in [-0.39, 0.29) is 11.8 Å². The number of unbranched alkanes of at least 4 members (excludes halogenated alkanes) is 3. The van der Waals surface area contributed by atoms with Gasteiger partial charge in [-0.25, -0.2) is 0 Å². The standard InChI is InChI=1S/C22H36N4O2/c1-4-5-6-7-11-23-20(27)16-25-12-14-26(15-13-25)17-21(28)24-22-18(2)9-8-10-19(22)3/h8-10H,4-7,11-17H2,1-3H3,(H,23,27)(H,24,28)/p+2. The molecule has 2 rings (SSSR count). The molecule has 0 radical (unpaired) electrons. The summed E-state index contributed by atoms with van der Waals surface area (Å²) < 4.78 is 0. The van der Waals surface area contributed by atoms with Crippen LogP contribution in [0.4, 0.5) is 5.69 Å². The second-order valence-corrected chi connectivity index (χ2v) is 8.08. The van der Waals surface area contributed by atoms with Gasteiger partial charge in [-0.15, -0.1) is 0 Å². The molecule has 1 saturated heterocycles. The summed E-state index contributed by atoms with van der Waals surface area (Å²) in [6, 6.07) is 6.05. The summed E-state index contributed by atoms with van der Waals surface area (Å²) in [5.41, 5.74) is 3.13. The number of carbonyl (C=O) groups is 2. The summed E-state index contributed by atoms with van der Waals surface area (Å²) in [5, 5.41) is 6.12. The molecule has 4 N–H and O–H groups in total.